The minimum absolute atomic E-state index is 0.409. The monoisotopic (exact) mass is 373 g/mol. The van der Waals surface area contributed by atoms with Crippen molar-refractivity contribution in [2.45, 2.75) is 12.6 Å². The molecule has 0 aliphatic heterocycles. The van der Waals surface area contributed by atoms with Crippen molar-refractivity contribution in [2.24, 2.45) is 0 Å². The molecule has 1 unspecified atom stereocenters. The van der Waals surface area contributed by atoms with Crippen molar-refractivity contribution in [2.75, 3.05) is 6.54 Å². The molecule has 0 aromatic heterocycles. The van der Waals surface area contributed by atoms with Gasteiger partial charge in [-0.15, -0.1) is 0 Å². The van der Waals surface area contributed by atoms with E-state index in [-0.39, 0.29) is 0 Å². The van der Waals surface area contributed by atoms with Gasteiger partial charge in [0.2, 0.25) is 0 Å². The number of aliphatic hydroxyl groups excluding tert-OH is 1. The van der Waals surface area contributed by atoms with Crippen molar-refractivity contribution in [3.8, 4) is 0 Å². The van der Waals surface area contributed by atoms with Crippen LogP contribution in [0.1, 0.15) is 17.2 Å². The summed E-state index contributed by atoms with van der Waals surface area (Å²) in [6.45, 7) is 1.08. The van der Waals surface area contributed by atoms with Crippen LogP contribution in [0.3, 0.4) is 0 Å². The van der Waals surface area contributed by atoms with Crippen molar-refractivity contribution >= 4 is 39.1 Å². The zero-order chi connectivity index (χ0) is 14.5. The predicted molar refractivity (Wildman–Crippen MR) is 87.3 cm³/mol. The van der Waals surface area contributed by atoms with E-state index in [2.05, 4.69) is 21.2 Å². The number of aliphatic hydroxyl groups is 1. The molecule has 0 saturated heterocycles. The molecule has 0 heterocycles. The Balaban J connectivity index is 1.92. The lowest BCUT2D eigenvalue weighted by Gasteiger charge is -2.14. The predicted octanol–water partition coefficient (Wildman–Crippen LogP) is 4.58. The minimum Gasteiger partial charge on any atom is -0.387 e. The molecule has 0 bridgehead atoms. The highest BCUT2D eigenvalue weighted by molar-refractivity contribution is 9.10. The lowest BCUT2D eigenvalue weighted by molar-refractivity contribution is 0.174. The third-order valence-corrected chi connectivity index (χ3v) is 3.95. The maximum atomic E-state index is 10.1. The Morgan fingerprint density at radius 2 is 1.95 bits per heavy atom. The van der Waals surface area contributed by atoms with Gasteiger partial charge in [0.15, 0.2) is 0 Å². The van der Waals surface area contributed by atoms with Gasteiger partial charge in [-0.2, -0.15) is 0 Å². The Kier molecular flexibility index (Phi) is 5.87. The van der Waals surface area contributed by atoms with Crippen LogP contribution in [0.4, 0.5) is 0 Å². The Bertz CT molecular complexity index is 592. The Labute approximate surface area is 136 Å². The van der Waals surface area contributed by atoms with Crippen molar-refractivity contribution in [3.05, 3.63) is 68.1 Å². The van der Waals surface area contributed by atoms with E-state index >= 15 is 0 Å². The van der Waals surface area contributed by atoms with E-state index < -0.39 is 6.10 Å². The molecule has 0 fully saturated rings. The Morgan fingerprint density at radius 1 is 1.15 bits per heavy atom. The van der Waals surface area contributed by atoms with Gasteiger partial charge in [0, 0.05) is 33.2 Å². The first-order valence-corrected chi connectivity index (χ1v) is 7.69. The van der Waals surface area contributed by atoms with Gasteiger partial charge in [-0.1, -0.05) is 51.3 Å². The van der Waals surface area contributed by atoms with Gasteiger partial charge < -0.3 is 10.4 Å². The summed E-state index contributed by atoms with van der Waals surface area (Å²) in [6.07, 6.45) is -0.687. The second-order valence-corrected chi connectivity index (χ2v) is 6.20. The summed E-state index contributed by atoms with van der Waals surface area (Å²) in [4.78, 5) is 0. The maximum Gasteiger partial charge on any atom is 0.0929 e. The third-order valence-electron chi connectivity index (χ3n) is 2.87. The fraction of sp³-hybridized carbons (Fsp3) is 0.200. The highest BCUT2D eigenvalue weighted by atomic mass is 79.9. The molecule has 2 N–H and O–H groups in total. The van der Waals surface area contributed by atoms with E-state index in [4.69, 9.17) is 23.2 Å². The molecular formula is C15H14BrCl2NO. The molecule has 2 aromatic rings. The van der Waals surface area contributed by atoms with Crippen molar-refractivity contribution in [1.82, 2.24) is 5.32 Å². The van der Waals surface area contributed by atoms with Crippen LogP contribution in [0.25, 0.3) is 0 Å². The van der Waals surface area contributed by atoms with E-state index in [9.17, 15) is 5.11 Å². The van der Waals surface area contributed by atoms with Crippen molar-refractivity contribution in [3.63, 3.8) is 0 Å². The standard InChI is InChI=1S/C15H14BrCl2NO/c16-11-3-1-2-10(6-11)8-19-9-15(20)13-7-12(17)4-5-14(13)18/h1-7,15,19-20H,8-9H2. The summed E-state index contributed by atoms with van der Waals surface area (Å²) in [5.41, 5.74) is 1.78. The molecular weight excluding hydrogens is 361 g/mol. The molecule has 0 saturated carbocycles. The Hall–Kier alpha value is -0.580. The summed E-state index contributed by atoms with van der Waals surface area (Å²) >= 11 is 15.4. The highest BCUT2D eigenvalue weighted by Gasteiger charge is 2.11. The van der Waals surface area contributed by atoms with E-state index in [0.29, 0.717) is 28.7 Å². The maximum absolute atomic E-state index is 10.1. The van der Waals surface area contributed by atoms with E-state index in [1.807, 2.05) is 24.3 Å². The molecule has 0 amide bonds. The fourth-order valence-electron chi connectivity index (χ4n) is 1.88. The van der Waals surface area contributed by atoms with Crippen LogP contribution in [0, 0.1) is 0 Å². The van der Waals surface area contributed by atoms with Crippen LogP contribution in [0.2, 0.25) is 10.0 Å². The first-order chi connectivity index (χ1) is 9.56. The van der Waals surface area contributed by atoms with E-state index in [1.165, 1.54) is 0 Å². The number of hydrogen-bond acceptors (Lipinski definition) is 2. The van der Waals surface area contributed by atoms with Crippen LogP contribution in [0.15, 0.2) is 46.9 Å². The molecule has 0 aliphatic rings. The number of nitrogens with one attached hydrogen (secondary N) is 1. The average Bonchev–Trinajstić information content (AvgIpc) is 2.41. The molecule has 2 aromatic carbocycles. The van der Waals surface area contributed by atoms with Gasteiger partial charge >= 0.3 is 0 Å². The van der Waals surface area contributed by atoms with Gasteiger partial charge in [0.05, 0.1) is 6.10 Å². The van der Waals surface area contributed by atoms with Gasteiger partial charge in [-0.3, -0.25) is 0 Å². The highest BCUT2D eigenvalue weighted by Crippen LogP contribution is 2.26. The average molecular weight is 375 g/mol. The topological polar surface area (TPSA) is 32.3 Å². The number of benzene rings is 2. The van der Waals surface area contributed by atoms with Gasteiger partial charge in [-0.05, 0) is 35.9 Å². The summed E-state index contributed by atoms with van der Waals surface area (Å²) in [5, 5.41) is 14.4. The van der Waals surface area contributed by atoms with Crippen molar-refractivity contribution in [1.29, 1.82) is 0 Å². The smallest absolute Gasteiger partial charge is 0.0929 e. The molecule has 2 nitrogen and oxygen atoms in total. The van der Waals surface area contributed by atoms with Crippen LogP contribution >= 0.6 is 39.1 Å². The van der Waals surface area contributed by atoms with Crippen molar-refractivity contribution < 1.29 is 5.11 Å². The first-order valence-electron chi connectivity index (χ1n) is 6.14. The molecule has 0 spiro atoms. The number of rotatable bonds is 5. The first kappa shape index (κ1) is 15.8. The molecule has 1 atom stereocenters. The lowest BCUT2D eigenvalue weighted by Crippen LogP contribution is -2.21. The zero-order valence-electron chi connectivity index (χ0n) is 10.6. The number of halogens is 3. The largest absolute Gasteiger partial charge is 0.387 e. The lowest BCUT2D eigenvalue weighted by atomic mass is 10.1. The Morgan fingerprint density at radius 3 is 2.70 bits per heavy atom. The summed E-state index contributed by atoms with van der Waals surface area (Å²) in [5.74, 6) is 0. The molecule has 106 valence electrons. The van der Waals surface area contributed by atoms with Gasteiger partial charge in [-0.25, -0.2) is 0 Å². The van der Waals surface area contributed by atoms with Crippen LogP contribution in [-0.4, -0.2) is 11.7 Å². The summed E-state index contributed by atoms with van der Waals surface area (Å²) in [6, 6.07) is 13.1. The molecule has 0 aliphatic carbocycles. The second-order valence-electron chi connectivity index (χ2n) is 4.44. The molecule has 5 heteroatoms. The summed E-state index contributed by atoms with van der Waals surface area (Å²) < 4.78 is 1.04. The SMILES string of the molecule is OC(CNCc1cccc(Br)c1)c1cc(Cl)ccc1Cl. The van der Waals surface area contributed by atoms with Crippen LogP contribution in [0.5, 0.6) is 0 Å². The quantitative estimate of drug-likeness (QED) is 0.802. The minimum atomic E-state index is -0.687. The summed E-state index contributed by atoms with van der Waals surface area (Å²) in [7, 11) is 0. The van der Waals surface area contributed by atoms with E-state index in [0.717, 1.165) is 10.0 Å². The third kappa shape index (κ3) is 4.47. The molecule has 0 radical (unpaired) electrons. The van der Waals surface area contributed by atoms with Gasteiger partial charge in [0.1, 0.15) is 0 Å². The normalized spacial score (nSPS) is 12.4. The number of hydrogen-bond donors (Lipinski definition) is 2. The van der Waals surface area contributed by atoms with Gasteiger partial charge in [0.25, 0.3) is 0 Å². The molecule has 20 heavy (non-hydrogen) atoms. The second kappa shape index (κ2) is 7.43. The van der Waals surface area contributed by atoms with Crippen LogP contribution < -0.4 is 5.32 Å². The van der Waals surface area contributed by atoms with E-state index in [1.54, 1.807) is 18.2 Å². The molecule has 2 rings (SSSR count). The zero-order valence-corrected chi connectivity index (χ0v) is 13.7. The fourth-order valence-corrected chi connectivity index (χ4v) is 2.75. The van der Waals surface area contributed by atoms with Crippen LogP contribution in [-0.2, 0) is 6.54 Å².